The van der Waals surface area contributed by atoms with Gasteiger partial charge in [-0.1, -0.05) is 45.1 Å². The molecule has 0 rings (SSSR count). The Morgan fingerprint density at radius 3 is 2.36 bits per heavy atom. The van der Waals surface area contributed by atoms with E-state index in [0.29, 0.717) is 12.5 Å². The molecule has 0 aromatic rings. The van der Waals surface area contributed by atoms with Gasteiger partial charge in [0, 0.05) is 18.4 Å². The number of nitrogens with one attached hydrogen (secondary N) is 2. The van der Waals surface area contributed by atoms with Gasteiger partial charge in [0.05, 0.1) is 6.04 Å². The molecule has 0 aromatic heterocycles. The summed E-state index contributed by atoms with van der Waals surface area (Å²) in [6.45, 7) is 16.4. The van der Waals surface area contributed by atoms with Gasteiger partial charge in [-0.15, -0.1) is 0 Å². The van der Waals surface area contributed by atoms with Crippen LogP contribution in [0, 0.1) is 11.3 Å². The molecule has 0 heterocycles. The van der Waals surface area contributed by atoms with Crippen molar-refractivity contribution in [2.24, 2.45) is 11.3 Å². The summed E-state index contributed by atoms with van der Waals surface area (Å²) in [4.78, 5) is 12.3. The van der Waals surface area contributed by atoms with Gasteiger partial charge in [0.25, 0.3) is 0 Å². The highest BCUT2D eigenvalue weighted by atomic mass is 16.3. The topological polar surface area (TPSA) is 61.4 Å². The van der Waals surface area contributed by atoms with Crippen LogP contribution >= 0.6 is 0 Å². The maximum Gasteiger partial charge on any atom is 0.149 e. The molecule has 146 valence electrons. The first-order valence-electron chi connectivity index (χ1n) is 9.48. The minimum absolute atomic E-state index is 0.0145. The number of aliphatic hydroxyl groups is 1. The minimum atomic E-state index is -0.696. The van der Waals surface area contributed by atoms with E-state index in [2.05, 4.69) is 38.0 Å². The van der Waals surface area contributed by atoms with Crippen LogP contribution in [0.25, 0.3) is 0 Å². The molecule has 0 aliphatic heterocycles. The van der Waals surface area contributed by atoms with Crippen LogP contribution in [0.15, 0.2) is 24.3 Å². The number of rotatable bonds is 13. The standard InChI is InChI=1S/C21H40N2O2/c1-9-11-15(2)20(25)23-18(5)19(24)12-10-13-21(6,7)14-16(3)17(4)22-8/h9,11,15,17-18,20,22-23,25H,3,10,12-14H2,1-2,4-8H3. The number of Topliss-reactive ketones (excluding diaryl/α,β-unsaturated/α-hetero) is 1. The van der Waals surface area contributed by atoms with Gasteiger partial charge in [0.2, 0.25) is 0 Å². The molecule has 0 bridgehead atoms. The quantitative estimate of drug-likeness (QED) is 0.348. The van der Waals surface area contributed by atoms with Gasteiger partial charge in [-0.2, -0.15) is 0 Å². The molecule has 3 N–H and O–H groups in total. The lowest BCUT2D eigenvalue weighted by Gasteiger charge is -2.28. The molecule has 4 unspecified atom stereocenters. The first kappa shape index (κ1) is 24.0. The van der Waals surface area contributed by atoms with Gasteiger partial charge < -0.3 is 10.4 Å². The van der Waals surface area contributed by atoms with E-state index in [4.69, 9.17) is 0 Å². The lowest BCUT2D eigenvalue weighted by atomic mass is 9.79. The molecule has 25 heavy (non-hydrogen) atoms. The number of carbonyl (C=O) groups is 1. The number of allylic oxidation sites excluding steroid dienone is 1. The molecule has 4 atom stereocenters. The van der Waals surface area contributed by atoms with Gasteiger partial charge in [0.1, 0.15) is 12.0 Å². The summed E-state index contributed by atoms with van der Waals surface area (Å²) in [5.74, 6) is 0.143. The second-order valence-corrected chi connectivity index (χ2v) is 8.05. The van der Waals surface area contributed by atoms with E-state index in [1.54, 1.807) is 0 Å². The van der Waals surface area contributed by atoms with Crippen molar-refractivity contribution in [2.45, 2.75) is 85.5 Å². The van der Waals surface area contributed by atoms with E-state index in [0.717, 1.165) is 19.3 Å². The first-order valence-corrected chi connectivity index (χ1v) is 9.48. The second-order valence-electron chi connectivity index (χ2n) is 8.05. The monoisotopic (exact) mass is 352 g/mol. The van der Waals surface area contributed by atoms with Crippen LogP contribution < -0.4 is 10.6 Å². The highest BCUT2D eigenvalue weighted by Crippen LogP contribution is 2.31. The Bertz CT molecular complexity index is 443. The SMILES string of the molecule is C=C(CC(C)(C)CCCC(=O)C(C)NC(O)C(C)C=CC)C(C)NC. The molecule has 0 aliphatic carbocycles. The van der Waals surface area contributed by atoms with E-state index in [1.807, 2.05) is 40.0 Å². The number of likely N-dealkylation sites (N-methyl/N-ethyl adjacent to an activating group) is 1. The summed E-state index contributed by atoms with van der Waals surface area (Å²) >= 11 is 0. The third-order valence-electron chi connectivity index (χ3n) is 4.93. The molecule has 0 fully saturated rings. The molecular formula is C21H40N2O2. The number of aliphatic hydroxyl groups excluding tert-OH is 1. The largest absolute Gasteiger partial charge is 0.378 e. The van der Waals surface area contributed by atoms with Crippen LogP contribution in [0.5, 0.6) is 0 Å². The average molecular weight is 353 g/mol. The zero-order valence-electron chi connectivity index (χ0n) is 17.4. The molecule has 0 aliphatic rings. The highest BCUT2D eigenvalue weighted by molar-refractivity contribution is 5.83. The maximum atomic E-state index is 12.3. The van der Waals surface area contributed by atoms with Crippen LogP contribution in [0.1, 0.15) is 67.2 Å². The predicted molar refractivity (Wildman–Crippen MR) is 108 cm³/mol. The van der Waals surface area contributed by atoms with Gasteiger partial charge in [-0.05, 0) is 52.5 Å². The van der Waals surface area contributed by atoms with E-state index < -0.39 is 6.23 Å². The fourth-order valence-corrected chi connectivity index (χ4v) is 2.93. The van der Waals surface area contributed by atoms with Crippen molar-refractivity contribution in [2.75, 3.05) is 7.05 Å². The van der Waals surface area contributed by atoms with E-state index in [-0.39, 0.29) is 23.2 Å². The molecule has 0 aromatic carbocycles. The highest BCUT2D eigenvalue weighted by Gasteiger charge is 2.23. The van der Waals surface area contributed by atoms with Crippen molar-refractivity contribution in [3.63, 3.8) is 0 Å². The Morgan fingerprint density at radius 2 is 1.84 bits per heavy atom. The Kier molecular flexibility index (Phi) is 11.2. The van der Waals surface area contributed by atoms with Crippen molar-refractivity contribution < 1.29 is 9.90 Å². The molecular weight excluding hydrogens is 312 g/mol. The first-order chi connectivity index (χ1) is 11.5. The van der Waals surface area contributed by atoms with E-state index in [9.17, 15) is 9.90 Å². The summed E-state index contributed by atoms with van der Waals surface area (Å²) in [6, 6.07) is -0.0177. The number of ketones is 1. The summed E-state index contributed by atoms with van der Waals surface area (Å²) in [7, 11) is 1.95. The van der Waals surface area contributed by atoms with Crippen LogP contribution in [0.4, 0.5) is 0 Å². The fraction of sp³-hybridized carbons (Fsp3) is 0.762. The van der Waals surface area contributed by atoms with Crippen molar-refractivity contribution in [3.05, 3.63) is 24.3 Å². The van der Waals surface area contributed by atoms with Gasteiger partial charge >= 0.3 is 0 Å². The van der Waals surface area contributed by atoms with Gasteiger partial charge in [-0.25, -0.2) is 0 Å². The van der Waals surface area contributed by atoms with Gasteiger partial charge in [-0.3, -0.25) is 10.1 Å². The van der Waals surface area contributed by atoms with Crippen LogP contribution in [-0.4, -0.2) is 36.2 Å². The van der Waals surface area contributed by atoms with Crippen LogP contribution in [-0.2, 0) is 4.79 Å². The zero-order chi connectivity index (χ0) is 19.6. The second kappa shape index (κ2) is 11.6. The van der Waals surface area contributed by atoms with Gasteiger partial charge in [0.15, 0.2) is 0 Å². The summed E-state index contributed by atoms with van der Waals surface area (Å²) in [5, 5.41) is 16.3. The van der Waals surface area contributed by atoms with E-state index in [1.165, 1.54) is 5.57 Å². The minimum Gasteiger partial charge on any atom is -0.378 e. The van der Waals surface area contributed by atoms with Crippen molar-refractivity contribution >= 4 is 5.78 Å². The summed E-state index contributed by atoms with van der Waals surface area (Å²) in [6.07, 6.45) is 6.48. The van der Waals surface area contributed by atoms with E-state index >= 15 is 0 Å². The molecule has 0 radical (unpaired) electrons. The Balaban J connectivity index is 4.30. The molecule has 4 nitrogen and oxygen atoms in total. The molecule has 0 amide bonds. The molecule has 0 spiro atoms. The van der Waals surface area contributed by atoms with Crippen LogP contribution in [0.2, 0.25) is 0 Å². The lowest BCUT2D eigenvalue weighted by molar-refractivity contribution is -0.122. The third kappa shape index (κ3) is 9.93. The number of hydrogen-bond donors (Lipinski definition) is 3. The Hall–Kier alpha value is -0.970. The fourth-order valence-electron chi connectivity index (χ4n) is 2.93. The average Bonchev–Trinajstić information content (AvgIpc) is 2.53. The summed E-state index contributed by atoms with van der Waals surface area (Å²) < 4.78 is 0. The third-order valence-corrected chi connectivity index (χ3v) is 4.93. The van der Waals surface area contributed by atoms with Crippen molar-refractivity contribution in [1.29, 1.82) is 0 Å². The molecule has 0 saturated heterocycles. The van der Waals surface area contributed by atoms with Crippen molar-refractivity contribution in [3.8, 4) is 0 Å². The Labute approximate surface area is 155 Å². The zero-order valence-corrected chi connectivity index (χ0v) is 17.4. The predicted octanol–water partition coefficient (Wildman–Crippen LogP) is 3.81. The lowest BCUT2D eigenvalue weighted by Crippen LogP contribution is -2.44. The number of carbonyl (C=O) groups excluding carboxylic acids is 1. The van der Waals surface area contributed by atoms with Crippen molar-refractivity contribution in [1.82, 2.24) is 10.6 Å². The summed E-state index contributed by atoms with van der Waals surface area (Å²) in [5.41, 5.74) is 1.34. The smallest absolute Gasteiger partial charge is 0.149 e. The van der Waals surface area contributed by atoms with Crippen LogP contribution in [0.3, 0.4) is 0 Å². The number of hydrogen-bond acceptors (Lipinski definition) is 4. The molecule has 0 saturated carbocycles. The molecule has 4 heteroatoms. The normalized spacial score (nSPS) is 17.3. The Morgan fingerprint density at radius 1 is 1.24 bits per heavy atom. The maximum absolute atomic E-state index is 12.3.